The second-order valence-corrected chi connectivity index (χ2v) is 14.4. The van der Waals surface area contributed by atoms with Crippen LogP contribution in [0, 0.1) is 5.92 Å². The lowest BCUT2D eigenvalue weighted by Crippen LogP contribution is -2.63. The highest BCUT2D eigenvalue weighted by molar-refractivity contribution is 7.99. The van der Waals surface area contributed by atoms with Gasteiger partial charge in [-0.15, -0.1) is 5.10 Å². The number of nitrogens with one attached hydrogen (secondary N) is 1. The second-order valence-electron chi connectivity index (χ2n) is 13.1. The first-order valence-corrected chi connectivity index (χ1v) is 17.3. The summed E-state index contributed by atoms with van der Waals surface area (Å²) in [6.07, 6.45) is 8.57. The average molecular weight is 667 g/mol. The first kappa shape index (κ1) is 34.4. The summed E-state index contributed by atoms with van der Waals surface area (Å²) >= 11 is 1.60. The zero-order valence-electron chi connectivity index (χ0n) is 26.8. The first-order valence-electron chi connectivity index (χ1n) is 16.1. The SMILES string of the molecule is CC(C)(O)c1cnnn1[C@H]1C[C@@H](C(=O)NC2(C(=O)C(N)=O)CCSCC2)N(C(=O)/C(CC2CCCCC2)=N/C(=O)c2ccccn2)C1. The van der Waals surface area contributed by atoms with Gasteiger partial charge in [0.05, 0.1) is 17.9 Å². The summed E-state index contributed by atoms with van der Waals surface area (Å²) in [5, 5.41) is 21.8. The molecule has 1 aliphatic carbocycles. The Hall–Kier alpha value is -3.98. The van der Waals surface area contributed by atoms with Crippen molar-refractivity contribution in [2.45, 2.75) is 94.9 Å². The van der Waals surface area contributed by atoms with Crippen molar-refractivity contribution in [3.05, 3.63) is 42.0 Å². The number of Topliss-reactive ketones (excluding diaryl/α,β-unsaturated/α-hetero) is 1. The largest absolute Gasteiger partial charge is 0.384 e. The highest BCUT2D eigenvalue weighted by Gasteiger charge is 2.49. The number of rotatable bonds is 10. The van der Waals surface area contributed by atoms with Gasteiger partial charge >= 0.3 is 0 Å². The molecule has 15 heteroatoms. The molecule has 4 amide bonds. The maximum atomic E-state index is 14.5. The Morgan fingerprint density at radius 1 is 1.13 bits per heavy atom. The van der Waals surface area contributed by atoms with E-state index >= 15 is 0 Å². The normalized spacial score (nSPS) is 22.1. The summed E-state index contributed by atoms with van der Waals surface area (Å²) in [6, 6.07) is 3.17. The van der Waals surface area contributed by atoms with Crippen LogP contribution in [0.2, 0.25) is 0 Å². The van der Waals surface area contributed by atoms with Crippen molar-refractivity contribution in [3.8, 4) is 0 Å². The third-order valence-corrected chi connectivity index (χ3v) is 10.3. The molecule has 14 nitrogen and oxygen atoms in total. The fourth-order valence-corrected chi connectivity index (χ4v) is 7.97. The molecule has 2 aromatic heterocycles. The van der Waals surface area contributed by atoms with E-state index in [0.717, 1.165) is 32.1 Å². The van der Waals surface area contributed by atoms with Crippen LogP contribution in [0.1, 0.15) is 93.9 Å². The van der Waals surface area contributed by atoms with Crippen LogP contribution in [0.25, 0.3) is 0 Å². The number of aliphatic imine (C=N–C) groups is 1. The number of thioether (sulfide) groups is 1. The fourth-order valence-electron chi connectivity index (χ4n) is 6.78. The molecule has 4 heterocycles. The number of amides is 4. The molecule has 4 N–H and O–H groups in total. The summed E-state index contributed by atoms with van der Waals surface area (Å²) in [7, 11) is 0. The predicted molar refractivity (Wildman–Crippen MR) is 173 cm³/mol. The lowest BCUT2D eigenvalue weighted by atomic mass is 9.85. The van der Waals surface area contributed by atoms with Crippen molar-refractivity contribution in [2.24, 2.45) is 16.6 Å². The maximum Gasteiger partial charge on any atom is 0.295 e. The molecular weight excluding hydrogens is 624 g/mol. The van der Waals surface area contributed by atoms with E-state index in [1.54, 1.807) is 37.7 Å². The number of aliphatic hydroxyl groups is 1. The zero-order chi connectivity index (χ0) is 33.8. The zero-order valence-corrected chi connectivity index (χ0v) is 27.6. The number of hydrogen-bond acceptors (Lipinski definition) is 10. The van der Waals surface area contributed by atoms with E-state index in [9.17, 15) is 29.1 Å². The fraction of sp³-hybridized carbons (Fsp3) is 0.594. The van der Waals surface area contributed by atoms with E-state index < -0.39 is 52.6 Å². The van der Waals surface area contributed by atoms with E-state index in [-0.39, 0.29) is 49.6 Å². The Morgan fingerprint density at radius 2 is 1.85 bits per heavy atom. The summed E-state index contributed by atoms with van der Waals surface area (Å²) in [5.41, 5.74) is 3.13. The summed E-state index contributed by atoms with van der Waals surface area (Å²) < 4.78 is 1.51. The number of aromatic nitrogens is 4. The van der Waals surface area contributed by atoms with Crippen LogP contribution in [-0.4, -0.2) is 94.7 Å². The molecule has 2 aliphatic heterocycles. The van der Waals surface area contributed by atoms with Crippen molar-refractivity contribution in [3.63, 3.8) is 0 Å². The summed E-state index contributed by atoms with van der Waals surface area (Å²) in [4.78, 5) is 76.9. The van der Waals surface area contributed by atoms with Gasteiger partial charge in [-0.05, 0) is 62.7 Å². The van der Waals surface area contributed by atoms with Gasteiger partial charge in [0.15, 0.2) is 0 Å². The molecule has 1 saturated carbocycles. The van der Waals surface area contributed by atoms with E-state index in [1.807, 2.05) is 0 Å². The van der Waals surface area contributed by atoms with Crippen LogP contribution >= 0.6 is 11.8 Å². The number of primary amides is 1. The van der Waals surface area contributed by atoms with Gasteiger partial charge < -0.3 is 21.1 Å². The molecule has 47 heavy (non-hydrogen) atoms. The second kappa shape index (κ2) is 14.4. The van der Waals surface area contributed by atoms with Crippen LogP contribution in [0.15, 0.2) is 35.6 Å². The Morgan fingerprint density at radius 3 is 2.49 bits per heavy atom. The van der Waals surface area contributed by atoms with E-state index in [2.05, 4.69) is 25.6 Å². The minimum absolute atomic E-state index is 0.00254. The molecule has 3 fully saturated rings. The summed E-state index contributed by atoms with van der Waals surface area (Å²) in [6.45, 7) is 3.17. The molecule has 5 rings (SSSR count). The molecule has 2 saturated heterocycles. The number of nitrogens with two attached hydrogens (primary N) is 1. The highest BCUT2D eigenvalue weighted by Crippen LogP contribution is 2.34. The van der Waals surface area contributed by atoms with Gasteiger partial charge in [-0.3, -0.25) is 29.0 Å². The monoisotopic (exact) mass is 666 g/mol. The van der Waals surface area contributed by atoms with Gasteiger partial charge in [0, 0.05) is 19.2 Å². The highest BCUT2D eigenvalue weighted by atomic mass is 32.2. The van der Waals surface area contributed by atoms with Crippen LogP contribution in [-0.2, 0) is 24.8 Å². The van der Waals surface area contributed by atoms with Crippen LogP contribution in [0.4, 0.5) is 0 Å². The van der Waals surface area contributed by atoms with Crippen molar-refractivity contribution in [2.75, 3.05) is 18.1 Å². The number of pyridine rings is 1. The van der Waals surface area contributed by atoms with Crippen molar-refractivity contribution >= 4 is 46.9 Å². The predicted octanol–water partition coefficient (Wildman–Crippen LogP) is 1.73. The van der Waals surface area contributed by atoms with E-state index in [4.69, 9.17) is 5.73 Å². The van der Waals surface area contributed by atoms with Gasteiger partial charge in [-0.25, -0.2) is 9.67 Å². The lowest BCUT2D eigenvalue weighted by molar-refractivity contribution is -0.143. The van der Waals surface area contributed by atoms with Gasteiger partial charge in [0.2, 0.25) is 11.7 Å². The molecule has 0 spiro atoms. The minimum atomic E-state index is -1.49. The molecule has 0 aromatic carbocycles. The molecule has 252 valence electrons. The molecule has 2 atom stereocenters. The number of carbonyl (C=O) groups excluding carboxylic acids is 5. The van der Waals surface area contributed by atoms with Gasteiger partial charge in [0.25, 0.3) is 17.7 Å². The Kier molecular flexibility index (Phi) is 10.5. The Labute approximate surface area is 277 Å². The smallest absolute Gasteiger partial charge is 0.295 e. The van der Waals surface area contributed by atoms with E-state index in [1.165, 1.54) is 28.0 Å². The third-order valence-electron chi connectivity index (χ3n) is 9.33. The first-order chi connectivity index (χ1) is 22.4. The van der Waals surface area contributed by atoms with Crippen molar-refractivity contribution in [1.29, 1.82) is 0 Å². The molecular formula is C32H42N8O6S. The van der Waals surface area contributed by atoms with E-state index in [0.29, 0.717) is 17.2 Å². The van der Waals surface area contributed by atoms with Crippen LogP contribution in [0.3, 0.4) is 0 Å². The molecule has 3 aliphatic rings. The summed E-state index contributed by atoms with van der Waals surface area (Å²) in [5.74, 6) is -2.66. The van der Waals surface area contributed by atoms with Crippen molar-refractivity contribution < 1.29 is 29.1 Å². The number of likely N-dealkylation sites (tertiary alicyclic amines) is 1. The molecule has 2 aromatic rings. The minimum Gasteiger partial charge on any atom is -0.384 e. The van der Waals surface area contributed by atoms with Crippen molar-refractivity contribution in [1.82, 2.24) is 30.2 Å². The number of hydrogen-bond donors (Lipinski definition) is 3. The maximum absolute atomic E-state index is 14.5. The number of ketones is 1. The molecule has 0 unspecified atom stereocenters. The van der Waals surface area contributed by atoms with Gasteiger partial charge in [-0.2, -0.15) is 11.8 Å². The lowest BCUT2D eigenvalue weighted by Gasteiger charge is -2.37. The van der Waals surface area contributed by atoms with Crippen LogP contribution in [0.5, 0.6) is 0 Å². The molecule has 0 radical (unpaired) electrons. The Balaban J connectivity index is 1.51. The Bertz CT molecular complexity index is 1530. The average Bonchev–Trinajstić information content (AvgIpc) is 3.73. The van der Waals surface area contributed by atoms with Gasteiger partial charge in [0.1, 0.15) is 28.6 Å². The quantitative estimate of drug-likeness (QED) is 0.248. The standard InChI is InChI=1S/C32H42N8O6S/c1-31(2,46)25-18-35-38-40(25)21-17-24(29(44)37-32(26(41)27(33)42)11-14-47-15-12-32)39(19-21)30(45)23(16-20-8-4-3-5-9-20)36-28(43)22-10-6-7-13-34-22/h6-7,10,13,18,20-21,24,46H,3-5,8-9,11-12,14-17,19H2,1-2H3,(H2,33,42)(H,37,44)/b36-23+/t21-,24-/m0/s1. The molecule has 0 bridgehead atoms. The number of nitrogens with zero attached hydrogens (tertiary/aromatic N) is 6. The third kappa shape index (κ3) is 7.78. The van der Waals surface area contributed by atoms with Crippen LogP contribution < -0.4 is 11.1 Å². The van der Waals surface area contributed by atoms with Gasteiger partial charge in [-0.1, -0.05) is 43.4 Å². The number of carbonyl (C=O) groups is 5. The topological polar surface area (TPSA) is 203 Å².